The molecule has 0 aliphatic carbocycles. The zero-order valence-corrected chi connectivity index (χ0v) is 11.0. The Morgan fingerprint density at radius 2 is 1.84 bits per heavy atom. The van der Waals surface area contributed by atoms with Crippen LogP contribution in [0.2, 0.25) is 0 Å². The fraction of sp³-hybridized carbons (Fsp3) is 0.188. The summed E-state index contributed by atoms with van der Waals surface area (Å²) in [7, 11) is 0. The maximum Gasteiger partial charge on any atom is 0.0741 e. The molecule has 1 unspecified atom stereocenters. The molecular formula is C16H17N3. The van der Waals surface area contributed by atoms with Gasteiger partial charge >= 0.3 is 0 Å². The van der Waals surface area contributed by atoms with E-state index in [2.05, 4.69) is 48.4 Å². The number of aromatic nitrogens is 2. The second-order valence-electron chi connectivity index (χ2n) is 4.72. The molecule has 0 bridgehead atoms. The quantitative estimate of drug-likeness (QED) is 0.775. The van der Waals surface area contributed by atoms with Gasteiger partial charge < -0.3 is 5.73 Å². The van der Waals surface area contributed by atoms with Gasteiger partial charge in [0.15, 0.2) is 0 Å². The van der Waals surface area contributed by atoms with Gasteiger partial charge in [-0.05, 0) is 30.2 Å². The second kappa shape index (κ2) is 4.86. The van der Waals surface area contributed by atoms with Crippen molar-refractivity contribution in [3.05, 3.63) is 60.3 Å². The van der Waals surface area contributed by atoms with Crippen molar-refractivity contribution in [2.24, 2.45) is 5.73 Å². The maximum atomic E-state index is 6.03. The molecule has 0 saturated carbocycles. The van der Waals surface area contributed by atoms with Crippen molar-refractivity contribution in [3.8, 4) is 5.69 Å². The number of para-hydroxylation sites is 1. The van der Waals surface area contributed by atoms with Crippen molar-refractivity contribution in [2.45, 2.75) is 19.4 Å². The summed E-state index contributed by atoms with van der Waals surface area (Å²) in [5.41, 5.74) is 9.38. The lowest BCUT2D eigenvalue weighted by Crippen LogP contribution is -2.08. The van der Waals surface area contributed by atoms with Crippen LogP contribution in [-0.4, -0.2) is 9.78 Å². The van der Waals surface area contributed by atoms with Crippen molar-refractivity contribution in [1.29, 1.82) is 0 Å². The molecule has 0 saturated heterocycles. The minimum atomic E-state index is 0.114. The molecule has 96 valence electrons. The fourth-order valence-electron chi connectivity index (χ4n) is 2.28. The second-order valence-corrected chi connectivity index (χ2v) is 4.72. The number of fused-ring (bicyclic) bond motifs is 1. The molecule has 0 radical (unpaired) electrons. The third-order valence-corrected chi connectivity index (χ3v) is 3.48. The van der Waals surface area contributed by atoms with Gasteiger partial charge in [0.05, 0.1) is 17.4 Å². The Hall–Kier alpha value is -2.13. The summed E-state index contributed by atoms with van der Waals surface area (Å²) in [6.07, 6.45) is 2.84. The predicted octanol–water partition coefficient (Wildman–Crippen LogP) is 3.44. The van der Waals surface area contributed by atoms with Crippen LogP contribution >= 0.6 is 0 Å². The Kier molecular flexibility index (Phi) is 3.05. The Bertz CT molecular complexity index is 683. The average molecular weight is 251 g/mol. The number of nitrogens with zero attached hydrogens (tertiary/aromatic N) is 2. The van der Waals surface area contributed by atoms with Gasteiger partial charge in [0.2, 0.25) is 0 Å². The molecule has 0 fully saturated rings. The maximum absolute atomic E-state index is 6.03. The van der Waals surface area contributed by atoms with E-state index in [0.29, 0.717) is 0 Å². The van der Waals surface area contributed by atoms with Crippen LogP contribution in [-0.2, 0) is 0 Å². The number of nitrogens with two attached hydrogens (primary N) is 1. The molecule has 0 aliphatic rings. The average Bonchev–Trinajstić information content (AvgIpc) is 2.90. The standard InChI is InChI=1S/C16H17N3/c1-2-15(17)12-7-9-14(10-8-12)19-16-6-4-3-5-13(16)11-18-19/h3-11,15H,2,17H2,1H3. The van der Waals surface area contributed by atoms with Crippen molar-refractivity contribution >= 4 is 10.9 Å². The van der Waals surface area contributed by atoms with Gasteiger partial charge in [0, 0.05) is 11.4 Å². The van der Waals surface area contributed by atoms with E-state index in [1.54, 1.807) is 0 Å². The first-order valence-electron chi connectivity index (χ1n) is 6.58. The molecule has 3 nitrogen and oxygen atoms in total. The molecule has 0 amide bonds. The highest BCUT2D eigenvalue weighted by atomic mass is 15.3. The molecular weight excluding hydrogens is 234 g/mol. The predicted molar refractivity (Wildman–Crippen MR) is 78.3 cm³/mol. The monoisotopic (exact) mass is 251 g/mol. The van der Waals surface area contributed by atoms with Crippen LogP contribution < -0.4 is 5.73 Å². The molecule has 3 aromatic rings. The first-order valence-corrected chi connectivity index (χ1v) is 6.58. The summed E-state index contributed by atoms with van der Waals surface area (Å²) < 4.78 is 1.95. The van der Waals surface area contributed by atoms with Gasteiger partial charge in [-0.25, -0.2) is 4.68 Å². The topological polar surface area (TPSA) is 43.8 Å². The zero-order valence-electron chi connectivity index (χ0n) is 11.0. The van der Waals surface area contributed by atoms with Gasteiger partial charge in [0.25, 0.3) is 0 Å². The Balaban J connectivity index is 2.02. The molecule has 3 heteroatoms. The molecule has 1 aromatic heterocycles. The summed E-state index contributed by atoms with van der Waals surface area (Å²) in [6.45, 7) is 2.10. The Morgan fingerprint density at radius 1 is 1.11 bits per heavy atom. The third-order valence-electron chi connectivity index (χ3n) is 3.48. The molecule has 2 N–H and O–H groups in total. The lowest BCUT2D eigenvalue weighted by Gasteiger charge is -2.10. The number of hydrogen-bond acceptors (Lipinski definition) is 2. The van der Waals surface area contributed by atoms with E-state index >= 15 is 0 Å². The van der Waals surface area contributed by atoms with Crippen LogP contribution in [0, 0.1) is 0 Å². The van der Waals surface area contributed by atoms with Crippen LogP contribution in [0.4, 0.5) is 0 Å². The normalized spacial score (nSPS) is 12.7. The Morgan fingerprint density at radius 3 is 2.58 bits per heavy atom. The van der Waals surface area contributed by atoms with Gasteiger partial charge in [0.1, 0.15) is 0 Å². The summed E-state index contributed by atoms with van der Waals surface area (Å²) in [4.78, 5) is 0. The van der Waals surface area contributed by atoms with E-state index in [-0.39, 0.29) is 6.04 Å². The lowest BCUT2D eigenvalue weighted by molar-refractivity contribution is 0.698. The molecule has 3 rings (SSSR count). The van der Waals surface area contributed by atoms with Crippen LogP contribution in [0.3, 0.4) is 0 Å². The summed E-state index contributed by atoms with van der Waals surface area (Å²) >= 11 is 0. The SMILES string of the molecule is CCC(N)c1ccc(-n2ncc3ccccc32)cc1. The number of hydrogen-bond donors (Lipinski definition) is 1. The molecule has 0 aliphatic heterocycles. The zero-order chi connectivity index (χ0) is 13.2. The van der Waals surface area contributed by atoms with E-state index in [0.717, 1.165) is 23.0 Å². The molecule has 0 spiro atoms. The minimum Gasteiger partial charge on any atom is -0.324 e. The van der Waals surface area contributed by atoms with Crippen LogP contribution in [0.5, 0.6) is 0 Å². The van der Waals surface area contributed by atoms with Crippen LogP contribution in [0.1, 0.15) is 24.9 Å². The van der Waals surface area contributed by atoms with Gasteiger partial charge in [-0.15, -0.1) is 0 Å². The summed E-state index contributed by atoms with van der Waals surface area (Å²) in [5.74, 6) is 0. The highest BCUT2D eigenvalue weighted by Gasteiger charge is 2.06. The first-order chi connectivity index (χ1) is 9.29. The Labute approximate surface area is 112 Å². The number of benzene rings is 2. The molecule has 2 aromatic carbocycles. The lowest BCUT2D eigenvalue weighted by atomic mass is 10.1. The highest BCUT2D eigenvalue weighted by molar-refractivity contribution is 5.80. The molecule has 1 atom stereocenters. The van der Waals surface area contributed by atoms with E-state index in [1.807, 2.05) is 23.0 Å². The van der Waals surface area contributed by atoms with Crippen LogP contribution in [0.25, 0.3) is 16.6 Å². The third kappa shape index (κ3) is 2.13. The van der Waals surface area contributed by atoms with Crippen molar-refractivity contribution in [1.82, 2.24) is 9.78 Å². The fourth-order valence-corrected chi connectivity index (χ4v) is 2.28. The molecule has 1 heterocycles. The largest absolute Gasteiger partial charge is 0.324 e. The van der Waals surface area contributed by atoms with Gasteiger partial charge in [-0.2, -0.15) is 5.10 Å². The summed E-state index contributed by atoms with van der Waals surface area (Å²) in [5, 5.41) is 5.60. The van der Waals surface area contributed by atoms with E-state index in [9.17, 15) is 0 Å². The van der Waals surface area contributed by atoms with E-state index in [1.165, 1.54) is 5.56 Å². The molecule has 19 heavy (non-hydrogen) atoms. The van der Waals surface area contributed by atoms with Crippen molar-refractivity contribution in [2.75, 3.05) is 0 Å². The van der Waals surface area contributed by atoms with Gasteiger partial charge in [-0.1, -0.05) is 37.3 Å². The van der Waals surface area contributed by atoms with Crippen LogP contribution in [0.15, 0.2) is 54.7 Å². The highest BCUT2D eigenvalue weighted by Crippen LogP contribution is 2.20. The smallest absolute Gasteiger partial charge is 0.0741 e. The number of rotatable bonds is 3. The van der Waals surface area contributed by atoms with Crippen molar-refractivity contribution < 1.29 is 0 Å². The first kappa shape index (κ1) is 11.9. The van der Waals surface area contributed by atoms with Crippen molar-refractivity contribution in [3.63, 3.8) is 0 Å². The van der Waals surface area contributed by atoms with E-state index < -0.39 is 0 Å². The van der Waals surface area contributed by atoms with Gasteiger partial charge in [-0.3, -0.25) is 0 Å². The minimum absolute atomic E-state index is 0.114. The summed E-state index contributed by atoms with van der Waals surface area (Å²) in [6, 6.07) is 16.6. The van der Waals surface area contributed by atoms with E-state index in [4.69, 9.17) is 5.73 Å².